The zero-order valence-corrected chi connectivity index (χ0v) is 21.4. The molecule has 0 rings (SSSR count). The van der Waals surface area contributed by atoms with E-state index in [0.29, 0.717) is 0 Å². The van der Waals surface area contributed by atoms with Crippen LogP contribution in [0.3, 0.4) is 0 Å². The monoisotopic (exact) mass is 850 g/mol. The summed E-state index contributed by atoms with van der Waals surface area (Å²) in [5.74, 6) is -123. The Morgan fingerprint density at radius 2 is 0.412 bits per heavy atom. The number of hydrogen-bond acceptors (Lipinski definition) is 0. The van der Waals surface area contributed by atoms with Gasteiger partial charge in [-0.15, -0.1) is 0 Å². The fourth-order valence-electron chi connectivity index (χ4n) is 2.87. The fourth-order valence-corrected chi connectivity index (χ4v) is 2.87. The summed E-state index contributed by atoms with van der Waals surface area (Å²) in [6.07, 6.45) is -24.8. The smallest absolute Gasteiger partial charge is 0.201 e. The average Bonchev–Trinajstić information content (AvgIpc) is 2.85. The fraction of sp³-hybridized carbons (Fsp3) is 0.882. The van der Waals surface area contributed by atoms with Crippen LogP contribution in [0.1, 0.15) is 0 Å². The maximum Gasteiger partial charge on any atom is 0.460 e. The lowest BCUT2D eigenvalue weighted by Gasteiger charge is -2.46. The minimum atomic E-state index is -10.2. The molecule has 0 N–H and O–H groups in total. The van der Waals surface area contributed by atoms with Crippen LogP contribution >= 0.6 is 0 Å². The Hall–Kier alpha value is -2.64. The van der Waals surface area contributed by atoms with E-state index in [1.54, 1.807) is 0 Å². The maximum absolute atomic E-state index is 13.9. The molecule has 0 aliphatic carbocycles. The molecule has 0 atom stereocenters. The predicted octanol–water partition coefficient (Wildman–Crippen LogP) is 11.5. The third kappa shape index (κ3) is 6.01. The first-order chi connectivity index (χ1) is 21.3. The lowest BCUT2D eigenvalue weighted by Crippen LogP contribution is -2.78. The van der Waals surface area contributed by atoms with Crippen LogP contribution in [0, 0.1) is 0 Å². The second-order valence-electron chi connectivity index (χ2n) is 9.07. The highest BCUT2D eigenvalue weighted by molar-refractivity contribution is 5.34. The molecule has 51 heavy (non-hydrogen) atoms. The third-order valence-corrected chi connectivity index (χ3v) is 5.75. The van der Waals surface area contributed by atoms with Gasteiger partial charge in [-0.1, -0.05) is 0 Å². The van der Waals surface area contributed by atoms with Crippen LogP contribution in [0.15, 0.2) is 11.4 Å². The van der Waals surface area contributed by atoms with Gasteiger partial charge in [0.05, 0.1) is 0 Å². The quantitative estimate of drug-likeness (QED) is 0.172. The van der Waals surface area contributed by atoms with Crippen molar-refractivity contribution in [3.63, 3.8) is 0 Å². The molecule has 0 unspecified atom stereocenters. The van der Waals surface area contributed by atoms with E-state index in [9.17, 15) is 149 Å². The van der Waals surface area contributed by atoms with Crippen LogP contribution in [0.4, 0.5) is 149 Å². The Morgan fingerprint density at radius 3 is 0.588 bits per heavy atom. The van der Waals surface area contributed by atoms with Crippen molar-refractivity contribution >= 4 is 0 Å². The van der Waals surface area contributed by atoms with Gasteiger partial charge in [0, 0.05) is 0 Å². The number of allylic oxidation sites excluding steroid dienone is 2. The molecule has 0 heterocycles. The molecule has 0 saturated carbocycles. The van der Waals surface area contributed by atoms with Gasteiger partial charge in [0.1, 0.15) is 5.57 Å². The van der Waals surface area contributed by atoms with E-state index >= 15 is 0 Å². The first-order valence-corrected chi connectivity index (χ1v) is 10.4. The summed E-state index contributed by atoms with van der Waals surface area (Å²) in [5, 5.41) is 0. The summed E-state index contributed by atoms with van der Waals surface area (Å²) in [5.41, 5.74) is -6.55. The highest BCUT2D eigenvalue weighted by Crippen LogP contribution is 2.69. The standard InChI is InChI=1S/C17F34/c18-2(5(23,24)25)1(4(21,22)16(46,47)48)3(19,20)6(26,27)7(28,29)8(30,31)9(32,33)10(34,35)11(36,37)12(38,39)13(40,41)14(42,43)15(44,45)17(49,50)51. The Kier molecular flexibility index (Phi) is 11.1. The van der Waals surface area contributed by atoms with Gasteiger partial charge in [0.15, 0.2) is 0 Å². The molecular weight excluding hydrogens is 850 g/mol. The molecule has 0 saturated heterocycles. The first kappa shape index (κ1) is 48.4. The minimum Gasteiger partial charge on any atom is -0.201 e. The topological polar surface area (TPSA) is 0 Å². The highest BCUT2D eigenvalue weighted by Gasteiger charge is 3.00. The van der Waals surface area contributed by atoms with Gasteiger partial charge in [-0.3, -0.25) is 0 Å². The summed E-state index contributed by atoms with van der Waals surface area (Å²) in [6, 6.07) is 0. The molecule has 0 aliphatic heterocycles. The van der Waals surface area contributed by atoms with Crippen LogP contribution in [-0.2, 0) is 0 Å². The Morgan fingerprint density at radius 1 is 0.216 bits per heavy atom. The average molecular weight is 850 g/mol. The maximum atomic E-state index is 13.9. The van der Waals surface area contributed by atoms with Crippen molar-refractivity contribution in [2.24, 2.45) is 0 Å². The molecule has 0 spiro atoms. The van der Waals surface area contributed by atoms with Crippen LogP contribution < -0.4 is 0 Å². The molecule has 0 amide bonds. The Labute approximate surface area is 252 Å². The number of alkyl halides is 33. The summed E-state index contributed by atoms with van der Waals surface area (Å²) < 4.78 is 448. The highest BCUT2D eigenvalue weighted by atomic mass is 19.4. The van der Waals surface area contributed by atoms with E-state index in [4.69, 9.17) is 0 Å². The van der Waals surface area contributed by atoms with Gasteiger partial charge in [-0.05, 0) is 0 Å². The van der Waals surface area contributed by atoms with Gasteiger partial charge in [-0.25, -0.2) is 4.39 Å². The van der Waals surface area contributed by atoms with E-state index in [0.717, 1.165) is 0 Å². The number of halogens is 34. The van der Waals surface area contributed by atoms with Gasteiger partial charge in [0.25, 0.3) is 0 Å². The Bertz CT molecular complexity index is 1310. The van der Waals surface area contributed by atoms with E-state index in [-0.39, 0.29) is 0 Å². The first-order valence-electron chi connectivity index (χ1n) is 10.4. The van der Waals surface area contributed by atoms with Crippen LogP contribution in [0.25, 0.3) is 0 Å². The lowest BCUT2D eigenvalue weighted by atomic mass is 9.83. The molecule has 34 heteroatoms. The summed E-state index contributed by atoms with van der Waals surface area (Å²) >= 11 is 0. The van der Waals surface area contributed by atoms with E-state index in [1.807, 2.05) is 0 Å². The number of rotatable bonds is 12. The molecule has 0 aromatic rings. The van der Waals surface area contributed by atoms with Crippen molar-refractivity contribution in [1.82, 2.24) is 0 Å². The molecular formula is C17F34. The molecule has 0 radical (unpaired) electrons. The minimum absolute atomic E-state index is 6.07. The van der Waals surface area contributed by atoms with Gasteiger partial charge in [-0.2, -0.15) is 145 Å². The van der Waals surface area contributed by atoms with Gasteiger partial charge in [0.2, 0.25) is 5.83 Å². The zero-order valence-electron chi connectivity index (χ0n) is 21.4. The van der Waals surface area contributed by atoms with Crippen molar-refractivity contribution in [3.8, 4) is 0 Å². The van der Waals surface area contributed by atoms with Crippen molar-refractivity contribution in [2.75, 3.05) is 0 Å². The summed E-state index contributed by atoms with van der Waals surface area (Å²) in [4.78, 5) is 0. The van der Waals surface area contributed by atoms with Crippen LogP contribution in [0.2, 0.25) is 0 Å². The molecule has 0 nitrogen and oxygen atoms in total. The molecule has 0 aromatic carbocycles. The normalized spacial score (nSPS) is 17.5. The summed E-state index contributed by atoms with van der Waals surface area (Å²) in [6.45, 7) is 0. The second-order valence-corrected chi connectivity index (χ2v) is 9.07. The lowest BCUT2D eigenvalue weighted by molar-refractivity contribution is -0.481. The van der Waals surface area contributed by atoms with Crippen LogP contribution in [-0.4, -0.2) is 89.6 Å². The van der Waals surface area contributed by atoms with Crippen molar-refractivity contribution in [2.45, 2.75) is 89.6 Å². The van der Waals surface area contributed by atoms with Crippen molar-refractivity contribution in [3.05, 3.63) is 11.4 Å². The SMILES string of the molecule is FC(=C(C(F)(F)C(F)(F)F)C(F)(F)C(F)(F)C(F)(F)C(F)(F)C(F)(F)C(F)(F)C(F)(F)C(F)(F)C(F)(F)C(F)(F)C(F)(F)C(F)(F)F)C(F)(F)F. The number of hydrogen-bond donors (Lipinski definition) is 0. The van der Waals surface area contributed by atoms with E-state index in [2.05, 4.69) is 0 Å². The van der Waals surface area contributed by atoms with E-state index < -0.39 is 101 Å². The van der Waals surface area contributed by atoms with Gasteiger partial charge >= 0.3 is 89.6 Å². The summed E-state index contributed by atoms with van der Waals surface area (Å²) in [7, 11) is 0. The van der Waals surface area contributed by atoms with Gasteiger partial charge < -0.3 is 0 Å². The molecule has 306 valence electrons. The molecule has 0 bridgehead atoms. The Balaban J connectivity index is 7.97. The zero-order chi connectivity index (χ0) is 42.7. The second kappa shape index (κ2) is 11.7. The predicted molar refractivity (Wildman–Crippen MR) is 85.7 cm³/mol. The van der Waals surface area contributed by atoms with E-state index in [1.165, 1.54) is 0 Å². The van der Waals surface area contributed by atoms with Crippen molar-refractivity contribution < 1.29 is 149 Å². The largest absolute Gasteiger partial charge is 0.460 e. The third-order valence-electron chi connectivity index (χ3n) is 5.75. The molecule has 0 aliphatic rings. The molecule has 0 fully saturated rings. The van der Waals surface area contributed by atoms with Crippen LogP contribution in [0.5, 0.6) is 0 Å². The molecule has 0 aromatic heterocycles. The van der Waals surface area contributed by atoms with Crippen molar-refractivity contribution in [1.29, 1.82) is 0 Å².